The number of benzene rings is 1. The highest BCUT2D eigenvalue weighted by Gasteiger charge is 2.22. The summed E-state index contributed by atoms with van der Waals surface area (Å²) in [5, 5.41) is 0. The number of aromatic amines is 1. The van der Waals surface area contributed by atoms with Crippen molar-refractivity contribution in [1.82, 2.24) is 14.9 Å². The van der Waals surface area contributed by atoms with E-state index in [0.717, 1.165) is 31.0 Å². The Labute approximate surface area is 130 Å². The van der Waals surface area contributed by atoms with Gasteiger partial charge in [0, 0.05) is 24.8 Å². The lowest BCUT2D eigenvalue weighted by molar-refractivity contribution is -0.0337. The topological polar surface area (TPSA) is 58.2 Å². The van der Waals surface area contributed by atoms with Crippen LogP contribution < -0.4 is 5.56 Å². The summed E-state index contributed by atoms with van der Waals surface area (Å²) in [5.74, 6) is 0.734. The molecule has 0 amide bonds. The third kappa shape index (κ3) is 3.61. The minimum absolute atomic E-state index is 0.0743. The van der Waals surface area contributed by atoms with Crippen LogP contribution >= 0.6 is 0 Å². The minimum Gasteiger partial charge on any atom is -0.371 e. The highest BCUT2D eigenvalue weighted by Crippen LogP contribution is 2.22. The van der Waals surface area contributed by atoms with E-state index < -0.39 is 0 Å². The molecule has 0 spiro atoms. The fourth-order valence-corrected chi connectivity index (χ4v) is 2.75. The van der Waals surface area contributed by atoms with Crippen molar-refractivity contribution in [1.29, 1.82) is 0 Å². The van der Waals surface area contributed by atoms with Crippen molar-refractivity contribution in [3.63, 3.8) is 0 Å². The highest BCUT2D eigenvalue weighted by atomic mass is 16.5. The Hall–Kier alpha value is -1.98. The van der Waals surface area contributed by atoms with Gasteiger partial charge in [-0.15, -0.1) is 0 Å². The van der Waals surface area contributed by atoms with Gasteiger partial charge in [-0.05, 0) is 12.0 Å². The van der Waals surface area contributed by atoms with Gasteiger partial charge < -0.3 is 9.72 Å². The number of aromatic nitrogens is 2. The minimum atomic E-state index is -0.0743. The second kappa shape index (κ2) is 6.85. The lowest BCUT2D eigenvalue weighted by Crippen LogP contribution is -2.38. The van der Waals surface area contributed by atoms with E-state index >= 15 is 0 Å². The Bertz CT molecular complexity index is 669. The number of nitrogens with zero attached hydrogens (tertiary/aromatic N) is 2. The molecule has 1 aromatic heterocycles. The summed E-state index contributed by atoms with van der Waals surface area (Å²) in [6.45, 7) is 5.01. The average Bonchev–Trinajstić information content (AvgIpc) is 2.55. The molecule has 1 aromatic carbocycles. The molecule has 5 nitrogen and oxygen atoms in total. The van der Waals surface area contributed by atoms with Gasteiger partial charge in [-0.3, -0.25) is 9.69 Å². The second-order valence-electron chi connectivity index (χ2n) is 5.54. The first-order valence-corrected chi connectivity index (χ1v) is 7.72. The molecule has 1 fully saturated rings. The first kappa shape index (κ1) is 14.9. The number of nitrogens with one attached hydrogen (secondary N) is 1. The van der Waals surface area contributed by atoms with E-state index in [9.17, 15) is 4.79 Å². The molecule has 22 heavy (non-hydrogen) atoms. The molecule has 2 aromatic rings. The van der Waals surface area contributed by atoms with E-state index in [1.54, 1.807) is 6.07 Å². The van der Waals surface area contributed by atoms with E-state index in [2.05, 4.69) is 27.0 Å². The fourth-order valence-electron chi connectivity index (χ4n) is 2.75. The Kier molecular flexibility index (Phi) is 4.65. The summed E-state index contributed by atoms with van der Waals surface area (Å²) in [6, 6.07) is 11.8. The molecular weight excluding hydrogens is 278 g/mol. The predicted molar refractivity (Wildman–Crippen MR) is 84.6 cm³/mol. The van der Waals surface area contributed by atoms with Crippen LogP contribution in [0.25, 0.3) is 0 Å². The molecule has 3 rings (SSSR count). The highest BCUT2D eigenvalue weighted by molar-refractivity contribution is 5.18. The Balaban J connectivity index is 1.70. The van der Waals surface area contributed by atoms with Gasteiger partial charge in [0.2, 0.25) is 0 Å². The largest absolute Gasteiger partial charge is 0.371 e. The standard InChI is InChI=1S/C17H21N3O2/c1-2-14-10-17(21)19-16(18-14)12-20-8-9-22-15(11-20)13-6-4-3-5-7-13/h3-7,10,15H,2,8-9,11-12H2,1H3,(H,18,19,21)/t15-/m0/s1. The zero-order chi connectivity index (χ0) is 15.4. The summed E-state index contributed by atoms with van der Waals surface area (Å²) < 4.78 is 5.87. The van der Waals surface area contributed by atoms with Crippen molar-refractivity contribution in [3.8, 4) is 0 Å². The smallest absolute Gasteiger partial charge is 0.251 e. The number of H-pyrrole nitrogens is 1. The van der Waals surface area contributed by atoms with Crippen LogP contribution in [0, 0.1) is 0 Å². The Morgan fingerprint density at radius 1 is 1.36 bits per heavy atom. The molecule has 116 valence electrons. The van der Waals surface area contributed by atoms with Crippen molar-refractivity contribution in [2.75, 3.05) is 19.7 Å². The lowest BCUT2D eigenvalue weighted by Gasteiger charge is -2.32. The molecule has 1 aliphatic rings. The quantitative estimate of drug-likeness (QED) is 0.937. The van der Waals surface area contributed by atoms with Crippen molar-refractivity contribution < 1.29 is 4.74 Å². The van der Waals surface area contributed by atoms with Crippen molar-refractivity contribution in [2.24, 2.45) is 0 Å². The molecule has 1 aliphatic heterocycles. The summed E-state index contributed by atoms with van der Waals surface area (Å²) >= 11 is 0. The lowest BCUT2D eigenvalue weighted by atomic mass is 10.1. The van der Waals surface area contributed by atoms with Crippen LogP contribution in [-0.4, -0.2) is 34.6 Å². The molecule has 1 saturated heterocycles. The summed E-state index contributed by atoms with van der Waals surface area (Å²) in [5.41, 5.74) is 1.96. The van der Waals surface area contributed by atoms with Gasteiger partial charge in [0.15, 0.2) is 0 Å². The van der Waals surface area contributed by atoms with Crippen molar-refractivity contribution in [3.05, 3.63) is 63.8 Å². The molecule has 0 bridgehead atoms. The average molecular weight is 299 g/mol. The van der Waals surface area contributed by atoms with Gasteiger partial charge >= 0.3 is 0 Å². The van der Waals surface area contributed by atoms with Crippen molar-refractivity contribution in [2.45, 2.75) is 26.0 Å². The Morgan fingerprint density at radius 3 is 2.95 bits per heavy atom. The molecule has 0 radical (unpaired) electrons. The number of hydrogen-bond donors (Lipinski definition) is 1. The van der Waals surface area contributed by atoms with Gasteiger partial charge in [0.25, 0.3) is 5.56 Å². The van der Waals surface area contributed by atoms with Gasteiger partial charge in [-0.25, -0.2) is 4.98 Å². The van der Waals surface area contributed by atoms with Gasteiger partial charge in [0.05, 0.1) is 19.3 Å². The molecule has 5 heteroatoms. The van der Waals surface area contributed by atoms with Crippen LogP contribution in [0.4, 0.5) is 0 Å². The normalized spacial score (nSPS) is 19.2. The second-order valence-corrected chi connectivity index (χ2v) is 5.54. The molecule has 0 saturated carbocycles. The summed E-state index contributed by atoms with van der Waals surface area (Å²) in [4.78, 5) is 21.3. The number of aryl methyl sites for hydroxylation is 1. The maximum atomic E-state index is 11.7. The van der Waals surface area contributed by atoms with Crippen molar-refractivity contribution >= 4 is 0 Å². The first-order valence-electron chi connectivity index (χ1n) is 7.72. The molecular formula is C17H21N3O2. The van der Waals surface area contributed by atoms with Gasteiger partial charge in [-0.2, -0.15) is 0 Å². The van der Waals surface area contributed by atoms with E-state index in [0.29, 0.717) is 13.2 Å². The van der Waals surface area contributed by atoms with E-state index in [1.807, 2.05) is 25.1 Å². The number of morpholine rings is 1. The number of hydrogen-bond acceptors (Lipinski definition) is 4. The summed E-state index contributed by atoms with van der Waals surface area (Å²) in [6.07, 6.45) is 0.850. The van der Waals surface area contributed by atoms with Crippen LogP contribution in [-0.2, 0) is 17.7 Å². The maximum absolute atomic E-state index is 11.7. The van der Waals surface area contributed by atoms with Crippen LogP contribution in [0.1, 0.15) is 30.1 Å². The number of rotatable bonds is 4. The van der Waals surface area contributed by atoms with E-state index in [4.69, 9.17) is 4.74 Å². The third-order valence-electron chi connectivity index (χ3n) is 3.90. The third-order valence-corrected chi connectivity index (χ3v) is 3.90. The summed E-state index contributed by atoms with van der Waals surface area (Å²) in [7, 11) is 0. The molecule has 0 aliphatic carbocycles. The van der Waals surface area contributed by atoms with Crippen LogP contribution in [0.2, 0.25) is 0 Å². The number of ether oxygens (including phenoxy) is 1. The zero-order valence-electron chi connectivity index (χ0n) is 12.8. The van der Waals surface area contributed by atoms with Crippen LogP contribution in [0.3, 0.4) is 0 Å². The molecule has 1 N–H and O–H groups in total. The first-order chi connectivity index (χ1) is 10.7. The Morgan fingerprint density at radius 2 is 2.18 bits per heavy atom. The van der Waals surface area contributed by atoms with Gasteiger partial charge in [-0.1, -0.05) is 37.3 Å². The monoisotopic (exact) mass is 299 g/mol. The van der Waals surface area contributed by atoms with Crippen LogP contribution in [0.15, 0.2) is 41.2 Å². The molecule has 2 heterocycles. The SMILES string of the molecule is CCc1cc(=O)[nH]c(CN2CCO[C@H](c3ccccc3)C2)n1. The zero-order valence-corrected chi connectivity index (χ0v) is 12.8. The predicted octanol–water partition coefficient (Wildman–Crippen LogP) is 1.91. The van der Waals surface area contributed by atoms with E-state index in [1.165, 1.54) is 5.56 Å². The molecule has 1 atom stereocenters. The van der Waals surface area contributed by atoms with E-state index in [-0.39, 0.29) is 11.7 Å². The fraction of sp³-hybridized carbons (Fsp3) is 0.412. The molecule has 0 unspecified atom stereocenters. The van der Waals surface area contributed by atoms with Gasteiger partial charge in [0.1, 0.15) is 5.82 Å². The maximum Gasteiger partial charge on any atom is 0.251 e. The van der Waals surface area contributed by atoms with Crippen LogP contribution in [0.5, 0.6) is 0 Å².